The van der Waals surface area contributed by atoms with Crippen LogP contribution in [-0.2, 0) is 22.4 Å². The van der Waals surface area contributed by atoms with Crippen LogP contribution in [0.5, 0.6) is 11.5 Å². The van der Waals surface area contributed by atoms with E-state index in [1.807, 2.05) is 0 Å². The van der Waals surface area contributed by atoms with Crippen LogP contribution in [0.2, 0.25) is 0 Å². The summed E-state index contributed by atoms with van der Waals surface area (Å²) in [6.07, 6.45) is 2.48. The Morgan fingerprint density at radius 2 is 1.60 bits per heavy atom. The van der Waals surface area contributed by atoms with Crippen molar-refractivity contribution in [3.63, 3.8) is 0 Å². The van der Waals surface area contributed by atoms with E-state index >= 15 is 0 Å². The van der Waals surface area contributed by atoms with E-state index < -0.39 is 11.9 Å². The highest BCUT2D eigenvalue weighted by molar-refractivity contribution is 8.93. The molecule has 2 N–H and O–H groups in total. The first-order valence-electron chi connectivity index (χ1n) is 6.24. The van der Waals surface area contributed by atoms with Crippen LogP contribution >= 0.6 is 17.0 Å². The molecule has 0 aromatic heterocycles. The summed E-state index contributed by atoms with van der Waals surface area (Å²) in [5.41, 5.74) is 8.07. The van der Waals surface area contributed by atoms with Gasteiger partial charge in [0.05, 0.1) is 0 Å². The number of fused-ring (bicyclic) bond motifs is 1. The lowest BCUT2D eigenvalue weighted by Crippen LogP contribution is -2.28. The molecule has 1 unspecified atom stereocenters. The van der Waals surface area contributed by atoms with Crippen LogP contribution in [0.15, 0.2) is 12.1 Å². The molecule has 1 aromatic rings. The van der Waals surface area contributed by atoms with E-state index in [1.54, 1.807) is 12.1 Å². The predicted octanol–water partition coefficient (Wildman–Crippen LogP) is 1.93. The van der Waals surface area contributed by atoms with Gasteiger partial charge in [0.25, 0.3) is 0 Å². The maximum absolute atomic E-state index is 11.1. The van der Waals surface area contributed by atoms with Crippen LogP contribution in [0.3, 0.4) is 0 Å². The molecular weight excluding hydrogens is 326 g/mol. The molecule has 20 heavy (non-hydrogen) atoms. The van der Waals surface area contributed by atoms with Crippen molar-refractivity contribution < 1.29 is 19.1 Å². The number of nitrogens with two attached hydrogens (primary N) is 1. The van der Waals surface area contributed by atoms with Crippen molar-refractivity contribution >= 4 is 28.9 Å². The maximum atomic E-state index is 11.1. The summed E-state index contributed by atoms with van der Waals surface area (Å²) >= 11 is 0. The Labute approximate surface area is 128 Å². The Kier molecular flexibility index (Phi) is 5.71. The van der Waals surface area contributed by atoms with Crippen LogP contribution < -0.4 is 15.2 Å². The van der Waals surface area contributed by atoms with E-state index in [2.05, 4.69) is 0 Å². The molecular formula is C14H18BrNO4. The third-order valence-corrected chi connectivity index (χ3v) is 3.04. The molecule has 0 saturated carbocycles. The average molecular weight is 344 g/mol. The summed E-state index contributed by atoms with van der Waals surface area (Å²) in [7, 11) is 0. The van der Waals surface area contributed by atoms with Crippen LogP contribution in [0.1, 0.15) is 31.4 Å². The number of carbonyl (C=O) groups excluding carboxylic acids is 2. The minimum Gasteiger partial charge on any atom is -0.423 e. The summed E-state index contributed by atoms with van der Waals surface area (Å²) in [5, 5.41) is 0. The molecule has 2 rings (SSSR count). The zero-order valence-corrected chi connectivity index (χ0v) is 13.2. The van der Waals surface area contributed by atoms with Gasteiger partial charge in [-0.3, -0.25) is 9.59 Å². The molecule has 110 valence electrons. The molecule has 1 aromatic carbocycles. The topological polar surface area (TPSA) is 78.6 Å². The van der Waals surface area contributed by atoms with Gasteiger partial charge in [0, 0.05) is 19.9 Å². The Hall–Kier alpha value is -1.40. The first kappa shape index (κ1) is 16.7. The smallest absolute Gasteiger partial charge is 0.308 e. The second-order valence-electron chi connectivity index (χ2n) is 4.76. The first-order valence-corrected chi connectivity index (χ1v) is 6.24. The van der Waals surface area contributed by atoms with Gasteiger partial charge in [0.2, 0.25) is 0 Å². The van der Waals surface area contributed by atoms with Crippen LogP contribution in [0.4, 0.5) is 0 Å². The lowest BCUT2D eigenvalue weighted by molar-refractivity contribution is -0.134. The second kappa shape index (κ2) is 6.85. The van der Waals surface area contributed by atoms with Gasteiger partial charge in [-0.05, 0) is 42.5 Å². The Balaban J connectivity index is 0.00000200. The number of hydrogen-bond donors (Lipinski definition) is 1. The number of aryl methyl sites for hydroxylation is 1. The van der Waals surface area contributed by atoms with E-state index in [0.29, 0.717) is 0 Å². The fourth-order valence-corrected chi connectivity index (χ4v) is 2.26. The Bertz CT molecular complexity index is 530. The molecule has 0 bridgehead atoms. The monoisotopic (exact) mass is 343 g/mol. The van der Waals surface area contributed by atoms with Crippen molar-refractivity contribution in [2.75, 3.05) is 0 Å². The highest BCUT2D eigenvalue weighted by atomic mass is 79.9. The fourth-order valence-electron chi connectivity index (χ4n) is 2.26. The minimum absolute atomic E-state index is 0. The van der Waals surface area contributed by atoms with E-state index in [0.717, 1.165) is 30.4 Å². The van der Waals surface area contributed by atoms with Gasteiger partial charge < -0.3 is 15.2 Å². The molecule has 5 nitrogen and oxygen atoms in total. The number of benzene rings is 1. The van der Waals surface area contributed by atoms with Gasteiger partial charge in [0.1, 0.15) is 0 Å². The molecule has 1 atom stereocenters. The SMILES string of the molecule is Br.CC(=O)Oc1cc2c(cc1OC(C)=O)CC(N)CC2. The average Bonchev–Trinajstić information content (AvgIpc) is 2.28. The number of esters is 2. The minimum atomic E-state index is -0.451. The van der Waals surface area contributed by atoms with Crippen molar-refractivity contribution in [1.82, 2.24) is 0 Å². The third kappa shape index (κ3) is 4.05. The summed E-state index contributed by atoms with van der Waals surface area (Å²) in [5.74, 6) is -0.332. The van der Waals surface area contributed by atoms with Crippen LogP contribution in [-0.4, -0.2) is 18.0 Å². The molecule has 0 radical (unpaired) electrons. The molecule has 0 spiro atoms. The van der Waals surface area contributed by atoms with E-state index in [1.165, 1.54) is 13.8 Å². The highest BCUT2D eigenvalue weighted by Crippen LogP contribution is 2.34. The molecule has 6 heteroatoms. The van der Waals surface area contributed by atoms with Crippen LogP contribution in [0, 0.1) is 0 Å². The van der Waals surface area contributed by atoms with Gasteiger partial charge in [-0.15, -0.1) is 17.0 Å². The highest BCUT2D eigenvalue weighted by Gasteiger charge is 2.20. The van der Waals surface area contributed by atoms with Crippen molar-refractivity contribution in [2.24, 2.45) is 5.73 Å². The number of rotatable bonds is 2. The first-order chi connectivity index (χ1) is 8.95. The zero-order chi connectivity index (χ0) is 14.0. The second-order valence-corrected chi connectivity index (χ2v) is 4.76. The zero-order valence-electron chi connectivity index (χ0n) is 11.5. The molecule has 1 aliphatic carbocycles. The fraction of sp³-hybridized carbons (Fsp3) is 0.429. The molecule has 1 aliphatic rings. The van der Waals surface area contributed by atoms with Crippen molar-refractivity contribution in [2.45, 2.75) is 39.2 Å². The normalized spacial score (nSPS) is 16.6. The number of halogens is 1. The third-order valence-electron chi connectivity index (χ3n) is 3.04. The molecule has 0 heterocycles. The lowest BCUT2D eigenvalue weighted by atomic mass is 9.88. The Morgan fingerprint density at radius 3 is 2.10 bits per heavy atom. The van der Waals surface area contributed by atoms with Gasteiger partial charge in [-0.1, -0.05) is 0 Å². The molecule has 0 fully saturated rings. The standard InChI is InChI=1S/C14H17NO4.BrH/c1-8(16)18-13-6-10-3-4-12(15)5-11(10)7-14(13)19-9(2)17;/h6-7,12H,3-5,15H2,1-2H3;1H. The maximum Gasteiger partial charge on any atom is 0.308 e. The number of ether oxygens (including phenoxy) is 2. The van der Waals surface area contributed by atoms with Crippen molar-refractivity contribution in [1.29, 1.82) is 0 Å². The largest absolute Gasteiger partial charge is 0.423 e. The van der Waals surface area contributed by atoms with Gasteiger partial charge in [-0.2, -0.15) is 0 Å². The van der Waals surface area contributed by atoms with Crippen molar-refractivity contribution in [3.8, 4) is 11.5 Å². The van der Waals surface area contributed by atoms with Crippen molar-refractivity contribution in [3.05, 3.63) is 23.3 Å². The summed E-state index contributed by atoms with van der Waals surface area (Å²) in [4.78, 5) is 22.2. The molecule has 0 saturated heterocycles. The van der Waals surface area contributed by atoms with Gasteiger partial charge >= 0.3 is 11.9 Å². The molecule has 0 amide bonds. The lowest BCUT2D eigenvalue weighted by Gasteiger charge is -2.23. The van der Waals surface area contributed by atoms with Gasteiger partial charge in [0.15, 0.2) is 11.5 Å². The Morgan fingerprint density at radius 1 is 1.10 bits per heavy atom. The number of hydrogen-bond acceptors (Lipinski definition) is 5. The van der Waals surface area contributed by atoms with E-state index in [-0.39, 0.29) is 34.5 Å². The summed E-state index contributed by atoms with van der Waals surface area (Å²) in [6, 6.07) is 3.63. The molecule has 0 aliphatic heterocycles. The number of carbonyl (C=O) groups is 2. The summed E-state index contributed by atoms with van der Waals surface area (Å²) in [6.45, 7) is 2.62. The van der Waals surface area contributed by atoms with E-state index in [9.17, 15) is 9.59 Å². The quantitative estimate of drug-likeness (QED) is 0.655. The van der Waals surface area contributed by atoms with Crippen LogP contribution in [0.25, 0.3) is 0 Å². The predicted molar refractivity (Wildman–Crippen MR) is 79.4 cm³/mol. The van der Waals surface area contributed by atoms with Gasteiger partial charge in [-0.25, -0.2) is 0 Å². The summed E-state index contributed by atoms with van der Waals surface area (Å²) < 4.78 is 10.2. The van der Waals surface area contributed by atoms with E-state index in [4.69, 9.17) is 15.2 Å².